The number of hydrogen-bond acceptors (Lipinski definition) is 6. The Kier molecular flexibility index (Phi) is 6.25. The number of methoxy groups -OCH3 is 1. The van der Waals surface area contributed by atoms with E-state index in [1.807, 2.05) is 29.2 Å². The number of carbonyl (C=O) groups excluding carboxylic acids is 1. The lowest BCUT2D eigenvalue weighted by molar-refractivity contribution is 0.0739. The fraction of sp³-hybridized carbons (Fsp3) is 0.389. The summed E-state index contributed by atoms with van der Waals surface area (Å²) in [5, 5.41) is 11.9. The van der Waals surface area contributed by atoms with Crippen LogP contribution in [0.2, 0.25) is 5.02 Å². The van der Waals surface area contributed by atoms with E-state index >= 15 is 0 Å². The first-order chi connectivity index (χ1) is 12.7. The van der Waals surface area contributed by atoms with Gasteiger partial charge >= 0.3 is 0 Å². The number of halogens is 1. The van der Waals surface area contributed by atoms with Crippen LogP contribution in [0.5, 0.6) is 0 Å². The van der Waals surface area contributed by atoms with Crippen LogP contribution in [0, 0.1) is 0 Å². The quantitative estimate of drug-likeness (QED) is 0.780. The molecule has 0 radical (unpaired) electrons. The molecule has 1 saturated heterocycles. The van der Waals surface area contributed by atoms with Gasteiger partial charge in [-0.1, -0.05) is 17.7 Å². The van der Waals surface area contributed by atoms with E-state index in [9.17, 15) is 4.79 Å². The van der Waals surface area contributed by atoms with E-state index in [0.717, 1.165) is 23.8 Å². The van der Waals surface area contributed by atoms with Crippen molar-refractivity contribution in [3.8, 4) is 0 Å². The first kappa shape index (κ1) is 18.4. The summed E-state index contributed by atoms with van der Waals surface area (Å²) < 4.78 is 4.97. The Morgan fingerprint density at radius 3 is 2.65 bits per heavy atom. The predicted molar refractivity (Wildman–Crippen MR) is 102 cm³/mol. The van der Waals surface area contributed by atoms with Crippen molar-refractivity contribution in [2.75, 3.05) is 56.7 Å². The number of anilines is 2. The second-order valence-corrected chi connectivity index (χ2v) is 6.42. The Hall–Kier alpha value is -2.38. The second kappa shape index (κ2) is 8.82. The van der Waals surface area contributed by atoms with Gasteiger partial charge in [0.2, 0.25) is 0 Å². The molecular formula is C18H22ClN5O2. The average molecular weight is 376 g/mol. The molecule has 1 aliphatic heterocycles. The Balaban J connectivity index is 1.54. The number of ether oxygens (including phenoxy) is 1. The molecule has 0 bridgehead atoms. The molecule has 1 aromatic heterocycles. The van der Waals surface area contributed by atoms with Crippen LogP contribution in [-0.2, 0) is 4.74 Å². The maximum atomic E-state index is 12.6. The normalized spacial score (nSPS) is 14.4. The van der Waals surface area contributed by atoms with E-state index in [1.54, 1.807) is 19.2 Å². The van der Waals surface area contributed by atoms with Crippen molar-refractivity contribution in [3.63, 3.8) is 0 Å². The van der Waals surface area contributed by atoms with Crippen LogP contribution < -0.4 is 10.2 Å². The number of piperazine rings is 1. The SMILES string of the molecule is COCCNc1ccc(C(=O)N2CCN(c3cccc(Cl)c3)CC2)nn1. The standard InChI is InChI=1S/C18H22ClN5O2/c1-26-12-7-20-17-6-5-16(21-22-17)18(25)24-10-8-23(9-11-24)15-4-2-3-14(19)13-15/h2-6,13H,7-12H2,1H3,(H,20,22). The molecule has 1 N–H and O–H groups in total. The molecular weight excluding hydrogens is 354 g/mol. The molecule has 1 amide bonds. The summed E-state index contributed by atoms with van der Waals surface area (Å²) in [7, 11) is 1.64. The predicted octanol–water partition coefficient (Wildman–Crippen LogP) is 2.15. The molecule has 0 saturated carbocycles. The molecule has 0 spiro atoms. The van der Waals surface area contributed by atoms with E-state index in [4.69, 9.17) is 16.3 Å². The van der Waals surface area contributed by atoms with E-state index in [-0.39, 0.29) is 5.91 Å². The minimum Gasteiger partial charge on any atom is -0.383 e. The van der Waals surface area contributed by atoms with E-state index in [0.29, 0.717) is 37.8 Å². The summed E-state index contributed by atoms with van der Waals surface area (Å²) in [6.45, 7) is 4.03. The summed E-state index contributed by atoms with van der Waals surface area (Å²) in [6, 6.07) is 11.2. The van der Waals surface area contributed by atoms with Gasteiger partial charge in [0.1, 0.15) is 5.82 Å². The number of carbonyl (C=O) groups is 1. The molecule has 26 heavy (non-hydrogen) atoms. The molecule has 0 aliphatic carbocycles. The Bertz CT molecular complexity index is 733. The van der Waals surface area contributed by atoms with Crippen molar-refractivity contribution < 1.29 is 9.53 Å². The average Bonchev–Trinajstić information content (AvgIpc) is 2.68. The van der Waals surface area contributed by atoms with E-state index in [1.165, 1.54) is 0 Å². The molecule has 1 fully saturated rings. The highest BCUT2D eigenvalue weighted by atomic mass is 35.5. The first-order valence-corrected chi connectivity index (χ1v) is 8.91. The molecule has 0 unspecified atom stereocenters. The monoisotopic (exact) mass is 375 g/mol. The van der Waals surface area contributed by atoms with Gasteiger partial charge in [-0.15, -0.1) is 10.2 Å². The molecule has 1 aliphatic rings. The lowest BCUT2D eigenvalue weighted by atomic mass is 10.2. The maximum Gasteiger partial charge on any atom is 0.274 e. The van der Waals surface area contributed by atoms with Gasteiger partial charge < -0.3 is 19.9 Å². The van der Waals surface area contributed by atoms with Crippen molar-refractivity contribution in [3.05, 3.63) is 47.1 Å². The van der Waals surface area contributed by atoms with Crippen LogP contribution in [-0.4, -0.2) is 67.4 Å². The Morgan fingerprint density at radius 1 is 1.19 bits per heavy atom. The van der Waals surface area contributed by atoms with Crippen molar-refractivity contribution in [1.82, 2.24) is 15.1 Å². The number of nitrogens with one attached hydrogen (secondary N) is 1. The maximum absolute atomic E-state index is 12.6. The number of nitrogens with zero attached hydrogens (tertiary/aromatic N) is 4. The highest BCUT2D eigenvalue weighted by molar-refractivity contribution is 6.30. The Labute approximate surface area is 157 Å². The summed E-state index contributed by atoms with van der Waals surface area (Å²) in [5.74, 6) is 0.538. The molecule has 3 rings (SSSR count). The molecule has 2 aromatic rings. The van der Waals surface area contributed by atoms with E-state index < -0.39 is 0 Å². The third-order valence-corrected chi connectivity index (χ3v) is 4.47. The van der Waals surface area contributed by atoms with Crippen molar-refractivity contribution >= 4 is 29.0 Å². The number of benzene rings is 1. The van der Waals surface area contributed by atoms with Gasteiger partial charge in [-0.05, 0) is 30.3 Å². The molecule has 0 atom stereocenters. The van der Waals surface area contributed by atoms with Crippen molar-refractivity contribution in [1.29, 1.82) is 0 Å². The minimum atomic E-state index is -0.0910. The van der Waals surface area contributed by atoms with Crippen LogP contribution in [0.3, 0.4) is 0 Å². The second-order valence-electron chi connectivity index (χ2n) is 5.98. The zero-order valence-electron chi connectivity index (χ0n) is 14.7. The largest absolute Gasteiger partial charge is 0.383 e. The van der Waals surface area contributed by atoms with Crippen LogP contribution in [0.1, 0.15) is 10.5 Å². The topological polar surface area (TPSA) is 70.6 Å². The fourth-order valence-corrected chi connectivity index (χ4v) is 3.01. The van der Waals surface area contributed by atoms with Crippen molar-refractivity contribution in [2.45, 2.75) is 0 Å². The van der Waals surface area contributed by atoms with Gasteiger partial charge in [-0.2, -0.15) is 0 Å². The van der Waals surface area contributed by atoms with Gasteiger partial charge in [-0.25, -0.2) is 0 Å². The number of aromatic nitrogens is 2. The lowest BCUT2D eigenvalue weighted by Gasteiger charge is -2.36. The fourth-order valence-electron chi connectivity index (χ4n) is 2.82. The number of rotatable bonds is 6. The Morgan fingerprint density at radius 2 is 2.00 bits per heavy atom. The van der Waals surface area contributed by atoms with Crippen molar-refractivity contribution in [2.24, 2.45) is 0 Å². The highest BCUT2D eigenvalue weighted by Gasteiger charge is 2.23. The minimum absolute atomic E-state index is 0.0910. The first-order valence-electron chi connectivity index (χ1n) is 8.53. The van der Waals surface area contributed by atoms with Crippen LogP contribution >= 0.6 is 11.6 Å². The summed E-state index contributed by atoms with van der Waals surface area (Å²) in [6.07, 6.45) is 0. The number of amides is 1. The van der Waals surface area contributed by atoms with E-state index in [2.05, 4.69) is 20.4 Å². The lowest BCUT2D eigenvalue weighted by Crippen LogP contribution is -2.49. The molecule has 7 nitrogen and oxygen atoms in total. The van der Waals surface area contributed by atoms with Gasteiger partial charge in [0, 0.05) is 50.5 Å². The van der Waals surface area contributed by atoms with Gasteiger partial charge in [0.05, 0.1) is 6.61 Å². The van der Waals surface area contributed by atoms with Crippen LogP contribution in [0.25, 0.3) is 0 Å². The molecule has 138 valence electrons. The summed E-state index contributed by atoms with van der Waals surface area (Å²) in [5.41, 5.74) is 1.44. The molecule has 1 aromatic carbocycles. The van der Waals surface area contributed by atoms with Crippen LogP contribution in [0.4, 0.5) is 11.5 Å². The summed E-state index contributed by atoms with van der Waals surface area (Å²) >= 11 is 6.06. The van der Waals surface area contributed by atoms with Crippen LogP contribution in [0.15, 0.2) is 36.4 Å². The van der Waals surface area contributed by atoms with Gasteiger partial charge in [-0.3, -0.25) is 4.79 Å². The third kappa shape index (κ3) is 4.62. The van der Waals surface area contributed by atoms with Gasteiger partial charge in [0.15, 0.2) is 5.69 Å². The molecule has 2 heterocycles. The third-order valence-electron chi connectivity index (χ3n) is 4.24. The number of hydrogen-bond donors (Lipinski definition) is 1. The zero-order valence-corrected chi connectivity index (χ0v) is 15.4. The smallest absolute Gasteiger partial charge is 0.274 e. The highest BCUT2D eigenvalue weighted by Crippen LogP contribution is 2.21. The summed E-state index contributed by atoms with van der Waals surface area (Å²) in [4.78, 5) is 16.6. The zero-order chi connectivity index (χ0) is 18.4. The van der Waals surface area contributed by atoms with Gasteiger partial charge in [0.25, 0.3) is 5.91 Å². The molecule has 8 heteroatoms.